The van der Waals surface area contributed by atoms with E-state index >= 15 is 0 Å². The van der Waals surface area contributed by atoms with Gasteiger partial charge in [0.2, 0.25) is 10.0 Å². The Balaban J connectivity index is 1.53. The fourth-order valence-corrected chi connectivity index (χ4v) is 5.91. The number of hydrogen-bond acceptors (Lipinski definition) is 6. The molecule has 3 atom stereocenters. The van der Waals surface area contributed by atoms with E-state index in [4.69, 9.17) is 21.1 Å². The van der Waals surface area contributed by atoms with Gasteiger partial charge in [0.05, 0.1) is 36.3 Å². The molecule has 0 aromatic heterocycles. The van der Waals surface area contributed by atoms with E-state index in [-0.39, 0.29) is 36.6 Å². The lowest BCUT2D eigenvalue weighted by atomic mass is 10.1. The normalized spacial score (nSPS) is 28.5. The first-order valence-electron chi connectivity index (χ1n) is 9.83. The van der Waals surface area contributed by atoms with Crippen LogP contribution >= 0.6 is 11.6 Å². The molecule has 1 aliphatic carbocycles. The molecule has 10 heteroatoms. The molecular weight excluding hydrogens is 420 g/mol. The van der Waals surface area contributed by atoms with Crippen molar-refractivity contribution in [1.82, 2.24) is 9.21 Å². The molecule has 3 fully saturated rings. The SMILES string of the molecule is O=C(OC[C@H]1COC[C@@H](C2CC2)N1S(=O)(=O)c1ccc(Cl)cc1)N1CC[C@@H](O)C1. The third-order valence-electron chi connectivity index (χ3n) is 5.66. The third kappa shape index (κ3) is 4.54. The molecule has 0 unspecified atom stereocenters. The molecule has 2 heterocycles. The van der Waals surface area contributed by atoms with Crippen LogP contribution in [0.1, 0.15) is 19.3 Å². The second kappa shape index (κ2) is 8.39. The number of halogens is 1. The number of aliphatic hydroxyl groups is 1. The number of ether oxygens (including phenoxy) is 2. The standard InChI is InChI=1S/C19H25ClN2O6S/c20-14-3-5-17(6-4-14)29(25,26)22-15(10-27-12-18(22)13-1-2-13)11-28-19(24)21-8-7-16(23)9-21/h3-6,13,15-16,18,23H,1-2,7-12H2/t15-,16-,18+/m1/s1. The van der Waals surface area contributed by atoms with Crippen LogP contribution in [-0.4, -0.2) is 79.9 Å². The molecule has 1 amide bonds. The van der Waals surface area contributed by atoms with E-state index in [0.717, 1.165) is 12.8 Å². The Hall–Kier alpha value is -1.39. The second-order valence-corrected chi connectivity index (χ2v) is 10.1. The molecule has 8 nitrogen and oxygen atoms in total. The van der Waals surface area contributed by atoms with Crippen LogP contribution in [0.4, 0.5) is 4.79 Å². The summed E-state index contributed by atoms with van der Waals surface area (Å²) >= 11 is 5.91. The molecule has 29 heavy (non-hydrogen) atoms. The minimum Gasteiger partial charge on any atom is -0.448 e. The van der Waals surface area contributed by atoms with Gasteiger partial charge in [0.1, 0.15) is 6.61 Å². The Morgan fingerprint density at radius 2 is 1.93 bits per heavy atom. The van der Waals surface area contributed by atoms with Gasteiger partial charge < -0.3 is 19.5 Å². The highest BCUT2D eigenvalue weighted by Crippen LogP contribution is 2.40. The monoisotopic (exact) mass is 444 g/mol. The van der Waals surface area contributed by atoms with Crippen LogP contribution in [0.5, 0.6) is 0 Å². The number of aliphatic hydroxyl groups excluding tert-OH is 1. The summed E-state index contributed by atoms with van der Waals surface area (Å²) in [4.78, 5) is 13.9. The topological polar surface area (TPSA) is 96.4 Å². The number of sulfonamides is 1. The number of carbonyl (C=O) groups excluding carboxylic acids is 1. The number of benzene rings is 1. The number of hydrogen-bond donors (Lipinski definition) is 1. The minimum absolute atomic E-state index is 0.0958. The highest BCUT2D eigenvalue weighted by atomic mass is 35.5. The van der Waals surface area contributed by atoms with Crippen molar-refractivity contribution in [2.45, 2.75) is 42.3 Å². The number of rotatable bonds is 5. The molecule has 0 bridgehead atoms. The Labute approximate surface area is 175 Å². The molecule has 0 spiro atoms. The minimum atomic E-state index is -3.81. The predicted molar refractivity (Wildman–Crippen MR) is 105 cm³/mol. The van der Waals surface area contributed by atoms with Crippen LogP contribution in [-0.2, 0) is 19.5 Å². The van der Waals surface area contributed by atoms with Crippen molar-refractivity contribution in [3.63, 3.8) is 0 Å². The first kappa shape index (κ1) is 20.9. The first-order valence-corrected chi connectivity index (χ1v) is 11.6. The number of amides is 1. The highest BCUT2D eigenvalue weighted by Gasteiger charge is 2.47. The van der Waals surface area contributed by atoms with Crippen molar-refractivity contribution in [3.05, 3.63) is 29.3 Å². The number of nitrogens with zero attached hydrogens (tertiary/aromatic N) is 2. The van der Waals surface area contributed by atoms with Gasteiger partial charge in [0, 0.05) is 18.1 Å². The van der Waals surface area contributed by atoms with Crippen LogP contribution < -0.4 is 0 Å². The molecule has 1 saturated carbocycles. The van der Waals surface area contributed by atoms with Gasteiger partial charge in [-0.2, -0.15) is 4.31 Å². The van der Waals surface area contributed by atoms with Gasteiger partial charge in [-0.25, -0.2) is 13.2 Å². The maximum Gasteiger partial charge on any atom is 0.409 e. The van der Waals surface area contributed by atoms with E-state index in [1.807, 2.05) is 0 Å². The Kier molecular flexibility index (Phi) is 6.04. The van der Waals surface area contributed by atoms with Crippen LogP contribution in [0.2, 0.25) is 5.02 Å². The molecule has 4 rings (SSSR count). The fraction of sp³-hybridized carbons (Fsp3) is 0.632. The summed E-state index contributed by atoms with van der Waals surface area (Å²) in [5.41, 5.74) is 0. The van der Waals surface area contributed by atoms with Crippen molar-refractivity contribution < 1.29 is 27.8 Å². The van der Waals surface area contributed by atoms with Gasteiger partial charge in [-0.3, -0.25) is 0 Å². The van der Waals surface area contributed by atoms with Gasteiger partial charge in [0.25, 0.3) is 0 Å². The fourth-order valence-electron chi connectivity index (χ4n) is 3.96. The number of carbonyl (C=O) groups is 1. The van der Waals surface area contributed by atoms with Gasteiger partial charge in [0.15, 0.2) is 0 Å². The Bertz CT molecular complexity index is 845. The highest BCUT2D eigenvalue weighted by molar-refractivity contribution is 7.89. The largest absolute Gasteiger partial charge is 0.448 e. The Morgan fingerprint density at radius 3 is 2.55 bits per heavy atom. The van der Waals surface area contributed by atoms with Crippen LogP contribution in [0.15, 0.2) is 29.2 Å². The molecule has 1 N–H and O–H groups in total. The zero-order valence-corrected chi connectivity index (χ0v) is 17.5. The average molecular weight is 445 g/mol. The number of β-amino-alcohol motifs (C(OH)–C–C–N with tert-alkyl or cyclic N) is 1. The van der Waals surface area contributed by atoms with E-state index in [2.05, 4.69) is 0 Å². The van der Waals surface area contributed by atoms with Gasteiger partial charge in [-0.05, 0) is 49.4 Å². The summed E-state index contributed by atoms with van der Waals surface area (Å²) in [6, 6.07) is 5.20. The van der Waals surface area contributed by atoms with Gasteiger partial charge >= 0.3 is 6.09 Å². The van der Waals surface area contributed by atoms with Crippen LogP contribution in [0, 0.1) is 5.92 Å². The van der Waals surface area contributed by atoms with E-state index in [9.17, 15) is 18.3 Å². The first-order chi connectivity index (χ1) is 13.9. The maximum atomic E-state index is 13.4. The third-order valence-corrected chi connectivity index (χ3v) is 7.91. The summed E-state index contributed by atoms with van der Waals surface area (Å²) in [6.07, 6.45) is 1.35. The van der Waals surface area contributed by atoms with E-state index in [1.165, 1.54) is 21.3 Å². The van der Waals surface area contributed by atoms with Crippen LogP contribution in [0.25, 0.3) is 0 Å². The lowest BCUT2D eigenvalue weighted by Gasteiger charge is -2.40. The van der Waals surface area contributed by atoms with E-state index < -0.39 is 28.3 Å². The lowest BCUT2D eigenvalue weighted by Crippen LogP contribution is -2.57. The van der Waals surface area contributed by atoms with Crippen LogP contribution in [0.3, 0.4) is 0 Å². The molecule has 3 aliphatic rings. The lowest BCUT2D eigenvalue weighted by molar-refractivity contribution is -0.0353. The van der Waals surface area contributed by atoms with Crippen molar-refractivity contribution in [2.75, 3.05) is 32.9 Å². The van der Waals surface area contributed by atoms with Crippen molar-refractivity contribution in [3.8, 4) is 0 Å². The molecule has 2 aliphatic heterocycles. The smallest absolute Gasteiger partial charge is 0.409 e. The molecule has 1 aromatic rings. The zero-order chi connectivity index (χ0) is 20.6. The van der Waals surface area contributed by atoms with E-state index in [1.54, 1.807) is 12.1 Å². The molecule has 160 valence electrons. The summed E-state index contributed by atoms with van der Waals surface area (Å²) in [6.45, 7) is 1.06. The summed E-state index contributed by atoms with van der Waals surface area (Å²) in [7, 11) is -3.81. The summed E-state index contributed by atoms with van der Waals surface area (Å²) in [5.74, 6) is 0.254. The molecular formula is C19H25ClN2O6S. The van der Waals surface area contributed by atoms with E-state index in [0.29, 0.717) is 24.6 Å². The van der Waals surface area contributed by atoms with Crippen molar-refractivity contribution >= 4 is 27.7 Å². The Morgan fingerprint density at radius 1 is 1.21 bits per heavy atom. The average Bonchev–Trinajstić information content (AvgIpc) is 3.46. The summed E-state index contributed by atoms with van der Waals surface area (Å²) in [5, 5.41) is 10.1. The zero-order valence-electron chi connectivity index (χ0n) is 15.9. The van der Waals surface area contributed by atoms with Crippen molar-refractivity contribution in [2.24, 2.45) is 5.92 Å². The quantitative estimate of drug-likeness (QED) is 0.742. The van der Waals surface area contributed by atoms with Gasteiger partial charge in [-0.15, -0.1) is 0 Å². The predicted octanol–water partition coefficient (Wildman–Crippen LogP) is 1.71. The van der Waals surface area contributed by atoms with Gasteiger partial charge in [-0.1, -0.05) is 11.6 Å². The van der Waals surface area contributed by atoms with Crippen molar-refractivity contribution in [1.29, 1.82) is 0 Å². The number of morpholine rings is 1. The summed E-state index contributed by atoms with van der Waals surface area (Å²) < 4.78 is 39.4. The number of likely N-dealkylation sites (tertiary alicyclic amines) is 1. The molecule has 1 aromatic carbocycles. The molecule has 2 saturated heterocycles. The maximum absolute atomic E-state index is 13.4. The second-order valence-electron chi connectivity index (χ2n) is 7.85. The molecule has 0 radical (unpaired) electrons.